The van der Waals surface area contributed by atoms with Crippen molar-refractivity contribution >= 4 is 11.9 Å². The summed E-state index contributed by atoms with van der Waals surface area (Å²) in [6.07, 6.45) is 1.05. The summed E-state index contributed by atoms with van der Waals surface area (Å²) in [6, 6.07) is -0.362. The van der Waals surface area contributed by atoms with Gasteiger partial charge in [0.05, 0.1) is 6.10 Å². The fourth-order valence-corrected chi connectivity index (χ4v) is 2.15. The summed E-state index contributed by atoms with van der Waals surface area (Å²) in [7, 11) is 1.60. The third-order valence-electron chi connectivity index (χ3n) is 3.05. The molecular weight excluding hydrogens is 172 g/mol. The molecule has 1 aliphatic heterocycles. The standard InChI is InChI=1S/C8H12N2O3/c1-10-7(13)9-6(12)8(10)3-2-5(11)4-8/h5,11H,2-4H2,1H3,(H,9,12,13). The summed E-state index contributed by atoms with van der Waals surface area (Å²) >= 11 is 0. The summed E-state index contributed by atoms with van der Waals surface area (Å²) in [4.78, 5) is 24.1. The van der Waals surface area contributed by atoms with Gasteiger partial charge in [-0.2, -0.15) is 0 Å². The molecule has 2 fully saturated rings. The second-order valence-corrected chi connectivity index (χ2v) is 3.75. The number of imide groups is 1. The molecular formula is C8H12N2O3. The molecule has 72 valence electrons. The van der Waals surface area contributed by atoms with E-state index in [2.05, 4.69) is 5.32 Å². The quantitative estimate of drug-likeness (QED) is 0.496. The Morgan fingerprint density at radius 3 is 2.69 bits per heavy atom. The lowest BCUT2D eigenvalue weighted by Gasteiger charge is -2.27. The fraction of sp³-hybridized carbons (Fsp3) is 0.750. The molecule has 0 bridgehead atoms. The Labute approximate surface area is 75.7 Å². The smallest absolute Gasteiger partial charge is 0.324 e. The molecule has 0 aromatic heterocycles. The number of urea groups is 1. The van der Waals surface area contributed by atoms with Crippen molar-refractivity contribution in [1.29, 1.82) is 0 Å². The number of rotatable bonds is 0. The van der Waals surface area contributed by atoms with Crippen molar-refractivity contribution in [3.63, 3.8) is 0 Å². The van der Waals surface area contributed by atoms with Crippen LogP contribution in [-0.4, -0.2) is 40.6 Å². The predicted molar refractivity (Wildman–Crippen MR) is 43.9 cm³/mol. The van der Waals surface area contributed by atoms with Gasteiger partial charge in [-0.15, -0.1) is 0 Å². The van der Waals surface area contributed by atoms with Crippen molar-refractivity contribution in [1.82, 2.24) is 10.2 Å². The first kappa shape index (κ1) is 8.50. The monoisotopic (exact) mass is 184 g/mol. The highest BCUT2D eigenvalue weighted by molar-refractivity contribution is 6.07. The summed E-state index contributed by atoms with van der Waals surface area (Å²) in [6.45, 7) is 0. The van der Waals surface area contributed by atoms with Crippen LogP contribution in [0.3, 0.4) is 0 Å². The van der Waals surface area contributed by atoms with Crippen LogP contribution in [0.15, 0.2) is 0 Å². The van der Waals surface area contributed by atoms with Crippen LogP contribution in [-0.2, 0) is 4.79 Å². The van der Waals surface area contributed by atoms with Gasteiger partial charge in [-0.1, -0.05) is 0 Å². The van der Waals surface area contributed by atoms with Gasteiger partial charge in [-0.05, 0) is 12.8 Å². The van der Waals surface area contributed by atoms with Gasteiger partial charge in [0.1, 0.15) is 5.54 Å². The van der Waals surface area contributed by atoms with Crippen LogP contribution < -0.4 is 5.32 Å². The van der Waals surface area contributed by atoms with E-state index in [0.717, 1.165) is 0 Å². The maximum absolute atomic E-state index is 11.5. The maximum Gasteiger partial charge on any atom is 0.324 e. The number of amides is 3. The van der Waals surface area contributed by atoms with E-state index in [0.29, 0.717) is 19.3 Å². The van der Waals surface area contributed by atoms with E-state index in [1.807, 2.05) is 0 Å². The van der Waals surface area contributed by atoms with Gasteiger partial charge in [0.15, 0.2) is 0 Å². The largest absolute Gasteiger partial charge is 0.393 e. The van der Waals surface area contributed by atoms with Gasteiger partial charge in [-0.3, -0.25) is 10.1 Å². The molecule has 1 spiro atoms. The summed E-state index contributed by atoms with van der Waals surface area (Å²) in [5.41, 5.74) is -0.767. The molecule has 13 heavy (non-hydrogen) atoms. The minimum atomic E-state index is -0.767. The Morgan fingerprint density at radius 2 is 2.31 bits per heavy atom. The van der Waals surface area contributed by atoms with E-state index in [1.165, 1.54) is 4.90 Å². The number of carbonyl (C=O) groups excluding carboxylic acids is 2. The Hall–Kier alpha value is -1.10. The Balaban J connectivity index is 2.31. The molecule has 2 unspecified atom stereocenters. The molecule has 0 radical (unpaired) electrons. The van der Waals surface area contributed by atoms with Crippen molar-refractivity contribution in [3.05, 3.63) is 0 Å². The van der Waals surface area contributed by atoms with Crippen molar-refractivity contribution in [2.75, 3.05) is 7.05 Å². The second-order valence-electron chi connectivity index (χ2n) is 3.75. The third kappa shape index (κ3) is 0.966. The second kappa shape index (κ2) is 2.45. The third-order valence-corrected chi connectivity index (χ3v) is 3.05. The molecule has 2 rings (SSSR count). The van der Waals surface area contributed by atoms with E-state index >= 15 is 0 Å². The molecule has 3 amide bonds. The molecule has 1 saturated carbocycles. The van der Waals surface area contributed by atoms with Crippen molar-refractivity contribution in [2.24, 2.45) is 0 Å². The highest BCUT2D eigenvalue weighted by atomic mass is 16.3. The number of carbonyl (C=O) groups is 2. The number of hydrogen-bond donors (Lipinski definition) is 2. The fourth-order valence-electron chi connectivity index (χ4n) is 2.15. The summed E-state index contributed by atoms with van der Waals surface area (Å²) in [5.74, 6) is -0.267. The van der Waals surface area contributed by atoms with Gasteiger partial charge >= 0.3 is 6.03 Å². The number of nitrogens with zero attached hydrogens (tertiary/aromatic N) is 1. The van der Waals surface area contributed by atoms with Gasteiger partial charge in [0, 0.05) is 13.5 Å². The first-order chi connectivity index (χ1) is 6.06. The number of likely N-dealkylation sites (N-methyl/N-ethyl adjacent to an activating group) is 1. The van der Waals surface area contributed by atoms with Crippen molar-refractivity contribution < 1.29 is 14.7 Å². The first-order valence-corrected chi connectivity index (χ1v) is 4.33. The van der Waals surface area contributed by atoms with Crippen molar-refractivity contribution in [3.8, 4) is 0 Å². The lowest BCUT2D eigenvalue weighted by Crippen LogP contribution is -2.45. The molecule has 2 N–H and O–H groups in total. The highest BCUT2D eigenvalue weighted by Gasteiger charge is 2.54. The first-order valence-electron chi connectivity index (χ1n) is 4.33. The highest BCUT2D eigenvalue weighted by Crippen LogP contribution is 2.37. The topological polar surface area (TPSA) is 69.6 Å². The van der Waals surface area contributed by atoms with Crippen molar-refractivity contribution in [2.45, 2.75) is 30.9 Å². The van der Waals surface area contributed by atoms with Gasteiger partial charge in [0.2, 0.25) is 0 Å². The molecule has 1 aliphatic carbocycles. The molecule has 5 heteroatoms. The van der Waals surface area contributed by atoms with E-state index in [1.54, 1.807) is 7.05 Å². The number of hydrogen-bond acceptors (Lipinski definition) is 3. The lowest BCUT2D eigenvalue weighted by molar-refractivity contribution is -0.126. The van der Waals surface area contributed by atoms with Crippen LogP contribution >= 0.6 is 0 Å². The summed E-state index contributed by atoms with van der Waals surface area (Å²) < 4.78 is 0. The number of aliphatic hydroxyl groups is 1. The molecule has 5 nitrogen and oxygen atoms in total. The Kier molecular flexibility index (Phi) is 1.60. The van der Waals surface area contributed by atoms with E-state index in [-0.39, 0.29) is 11.9 Å². The Bertz CT molecular complexity index is 279. The zero-order valence-corrected chi connectivity index (χ0v) is 7.41. The zero-order chi connectivity index (χ0) is 9.64. The number of nitrogens with one attached hydrogen (secondary N) is 1. The van der Waals surface area contributed by atoms with Crippen LogP contribution in [0.2, 0.25) is 0 Å². The molecule has 2 aliphatic rings. The number of aliphatic hydroxyl groups excluding tert-OH is 1. The average Bonchev–Trinajstić information content (AvgIpc) is 2.54. The molecule has 1 heterocycles. The molecule has 0 aromatic rings. The predicted octanol–water partition coefficient (Wildman–Crippen LogP) is -0.548. The molecule has 1 saturated heterocycles. The van der Waals surface area contributed by atoms with E-state index in [9.17, 15) is 14.7 Å². The lowest BCUT2D eigenvalue weighted by atomic mass is 9.96. The van der Waals surface area contributed by atoms with E-state index < -0.39 is 11.6 Å². The van der Waals surface area contributed by atoms with Gasteiger partial charge in [0.25, 0.3) is 5.91 Å². The van der Waals surface area contributed by atoms with E-state index in [4.69, 9.17) is 0 Å². The molecule has 2 atom stereocenters. The summed E-state index contributed by atoms with van der Waals surface area (Å²) in [5, 5.41) is 11.6. The van der Waals surface area contributed by atoms with Gasteiger partial charge in [-0.25, -0.2) is 4.79 Å². The minimum Gasteiger partial charge on any atom is -0.393 e. The van der Waals surface area contributed by atoms with Gasteiger partial charge < -0.3 is 10.0 Å². The Morgan fingerprint density at radius 1 is 1.62 bits per heavy atom. The van der Waals surface area contributed by atoms with Crippen LogP contribution in [0.25, 0.3) is 0 Å². The normalized spacial score (nSPS) is 38.9. The van der Waals surface area contributed by atoms with Crippen LogP contribution in [0, 0.1) is 0 Å². The van der Waals surface area contributed by atoms with Crippen LogP contribution in [0.5, 0.6) is 0 Å². The van der Waals surface area contributed by atoms with Crippen LogP contribution in [0.4, 0.5) is 4.79 Å². The maximum atomic E-state index is 11.5. The minimum absolute atomic E-state index is 0.267. The zero-order valence-electron chi connectivity index (χ0n) is 7.41. The average molecular weight is 184 g/mol. The van der Waals surface area contributed by atoms with Crippen LogP contribution in [0.1, 0.15) is 19.3 Å². The molecule has 0 aromatic carbocycles. The SMILES string of the molecule is CN1C(=O)NC(=O)C12CCC(O)C2.